The Kier molecular flexibility index (Phi) is 6.41. The van der Waals surface area contributed by atoms with Crippen molar-refractivity contribution in [1.29, 1.82) is 0 Å². The van der Waals surface area contributed by atoms with E-state index in [9.17, 15) is 13.2 Å². The molecule has 0 fully saturated rings. The SMILES string of the molecule is Cc1ccc(S(=O)(=O)N2C[C@@H](C(=O)NC(C)(C)Cc3ccccc3)Oc3cc(C)ccc32)cc1. The van der Waals surface area contributed by atoms with E-state index in [4.69, 9.17) is 4.74 Å². The zero-order valence-electron chi connectivity index (χ0n) is 19.9. The van der Waals surface area contributed by atoms with Crippen LogP contribution in [0.4, 0.5) is 5.69 Å². The molecule has 1 atom stereocenters. The lowest BCUT2D eigenvalue weighted by Gasteiger charge is -2.36. The van der Waals surface area contributed by atoms with E-state index in [2.05, 4.69) is 5.32 Å². The summed E-state index contributed by atoms with van der Waals surface area (Å²) in [5, 5.41) is 3.05. The number of sulfonamides is 1. The van der Waals surface area contributed by atoms with E-state index >= 15 is 0 Å². The van der Waals surface area contributed by atoms with E-state index in [0.717, 1.165) is 16.7 Å². The van der Waals surface area contributed by atoms with E-state index in [0.29, 0.717) is 17.9 Å². The second-order valence-electron chi connectivity index (χ2n) is 9.46. The molecule has 7 heteroatoms. The lowest BCUT2D eigenvalue weighted by molar-refractivity contribution is -0.129. The average molecular weight is 479 g/mol. The highest BCUT2D eigenvalue weighted by atomic mass is 32.2. The first kappa shape index (κ1) is 23.8. The van der Waals surface area contributed by atoms with E-state index < -0.39 is 21.7 Å². The van der Waals surface area contributed by atoms with Crippen LogP contribution in [0, 0.1) is 13.8 Å². The van der Waals surface area contributed by atoms with Crippen LogP contribution in [0.2, 0.25) is 0 Å². The number of nitrogens with one attached hydrogen (secondary N) is 1. The first-order valence-electron chi connectivity index (χ1n) is 11.3. The van der Waals surface area contributed by atoms with Crippen LogP contribution in [-0.4, -0.2) is 32.5 Å². The van der Waals surface area contributed by atoms with Crippen LogP contribution in [0.3, 0.4) is 0 Å². The number of carbonyl (C=O) groups is 1. The third-order valence-corrected chi connectivity index (χ3v) is 7.63. The third kappa shape index (κ3) is 5.09. The van der Waals surface area contributed by atoms with Gasteiger partial charge in [0.05, 0.1) is 17.1 Å². The van der Waals surface area contributed by atoms with Gasteiger partial charge in [-0.25, -0.2) is 8.42 Å². The van der Waals surface area contributed by atoms with Gasteiger partial charge in [0.1, 0.15) is 5.75 Å². The second kappa shape index (κ2) is 9.14. The Hall–Kier alpha value is -3.32. The number of hydrogen-bond acceptors (Lipinski definition) is 4. The van der Waals surface area contributed by atoms with Gasteiger partial charge in [0.15, 0.2) is 6.10 Å². The molecule has 1 amide bonds. The molecule has 0 saturated heterocycles. The van der Waals surface area contributed by atoms with Crippen LogP contribution in [0.1, 0.15) is 30.5 Å². The molecule has 6 nitrogen and oxygen atoms in total. The maximum absolute atomic E-state index is 13.6. The fourth-order valence-corrected chi connectivity index (χ4v) is 5.60. The maximum atomic E-state index is 13.6. The molecule has 178 valence electrons. The minimum Gasteiger partial charge on any atom is -0.476 e. The second-order valence-corrected chi connectivity index (χ2v) is 11.3. The number of hydrogen-bond donors (Lipinski definition) is 1. The summed E-state index contributed by atoms with van der Waals surface area (Å²) in [4.78, 5) is 13.5. The average Bonchev–Trinajstić information content (AvgIpc) is 2.78. The summed E-state index contributed by atoms with van der Waals surface area (Å²) in [7, 11) is -3.89. The molecular formula is C27H30N2O4S. The van der Waals surface area contributed by atoms with Gasteiger partial charge in [0.25, 0.3) is 15.9 Å². The molecule has 0 bridgehead atoms. The maximum Gasteiger partial charge on any atom is 0.264 e. The minimum atomic E-state index is -3.89. The van der Waals surface area contributed by atoms with Crippen molar-refractivity contribution < 1.29 is 17.9 Å². The van der Waals surface area contributed by atoms with Gasteiger partial charge in [-0.1, -0.05) is 54.1 Å². The standard InChI is InChI=1S/C27H30N2O4S/c1-19-10-13-22(14-11-19)34(31,32)29-18-25(33-24-16-20(2)12-15-23(24)29)26(30)28-27(3,4)17-21-8-6-5-7-9-21/h5-16,25H,17-18H2,1-4H3,(H,28,30)/t25-/m0/s1. The number of nitrogens with zero attached hydrogens (tertiary/aromatic N) is 1. The molecule has 1 aliphatic rings. The lowest BCUT2D eigenvalue weighted by atomic mass is 9.94. The fraction of sp³-hybridized carbons (Fsp3) is 0.296. The summed E-state index contributed by atoms with van der Waals surface area (Å²) in [6, 6.07) is 21.9. The van der Waals surface area contributed by atoms with Crippen molar-refractivity contribution in [3.8, 4) is 5.75 Å². The van der Waals surface area contributed by atoms with Crippen molar-refractivity contribution in [2.45, 2.75) is 50.7 Å². The van der Waals surface area contributed by atoms with Crippen LogP contribution < -0.4 is 14.4 Å². The number of aryl methyl sites for hydroxylation is 2. The number of amides is 1. The summed E-state index contributed by atoms with van der Waals surface area (Å²) in [5.74, 6) is 0.0279. The van der Waals surface area contributed by atoms with Gasteiger partial charge in [-0.05, 0) is 69.5 Å². The number of anilines is 1. The van der Waals surface area contributed by atoms with Crippen LogP contribution in [0.5, 0.6) is 5.75 Å². The first-order valence-corrected chi connectivity index (χ1v) is 12.7. The molecule has 3 aromatic carbocycles. The highest BCUT2D eigenvalue weighted by Gasteiger charge is 2.39. The van der Waals surface area contributed by atoms with Gasteiger partial charge in [0, 0.05) is 5.54 Å². The minimum absolute atomic E-state index is 0.112. The monoisotopic (exact) mass is 478 g/mol. The number of fused-ring (bicyclic) bond motifs is 1. The van der Waals surface area contributed by atoms with Gasteiger partial charge < -0.3 is 10.1 Å². The summed E-state index contributed by atoms with van der Waals surface area (Å²) in [6.45, 7) is 7.58. The summed E-state index contributed by atoms with van der Waals surface area (Å²) < 4.78 is 34.5. The molecule has 3 aromatic rings. The molecule has 0 radical (unpaired) electrons. The Morgan fingerprint density at radius 1 is 1.00 bits per heavy atom. The normalized spacial score (nSPS) is 15.9. The smallest absolute Gasteiger partial charge is 0.264 e. The molecule has 1 N–H and O–H groups in total. The Morgan fingerprint density at radius 2 is 1.65 bits per heavy atom. The van der Waals surface area contributed by atoms with E-state index in [1.54, 1.807) is 36.4 Å². The van der Waals surface area contributed by atoms with Crippen molar-refractivity contribution in [3.05, 3.63) is 89.5 Å². The zero-order valence-corrected chi connectivity index (χ0v) is 20.7. The van der Waals surface area contributed by atoms with Gasteiger partial charge in [-0.2, -0.15) is 0 Å². The zero-order chi connectivity index (χ0) is 24.5. The summed E-state index contributed by atoms with van der Waals surface area (Å²) >= 11 is 0. The number of carbonyl (C=O) groups excluding carboxylic acids is 1. The van der Waals surface area contributed by atoms with Crippen molar-refractivity contribution in [1.82, 2.24) is 5.32 Å². The molecule has 0 spiro atoms. The van der Waals surface area contributed by atoms with Crippen LogP contribution in [0.15, 0.2) is 77.7 Å². The molecule has 0 aliphatic carbocycles. The molecule has 0 aromatic heterocycles. The molecule has 1 aliphatic heterocycles. The number of ether oxygens (including phenoxy) is 1. The van der Waals surface area contributed by atoms with E-state index in [1.807, 2.05) is 64.1 Å². The van der Waals surface area contributed by atoms with Crippen molar-refractivity contribution in [3.63, 3.8) is 0 Å². The van der Waals surface area contributed by atoms with Gasteiger partial charge in [-0.3, -0.25) is 9.10 Å². The fourth-order valence-electron chi connectivity index (χ4n) is 4.13. The third-order valence-electron chi connectivity index (χ3n) is 5.84. The van der Waals surface area contributed by atoms with Crippen molar-refractivity contribution in [2.75, 3.05) is 10.8 Å². The predicted molar refractivity (Wildman–Crippen MR) is 134 cm³/mol. The number of rotatable bonds is 6. The summed E-state index contributed by atoms with van der Waals surface area (Å²) in [6.07, 6.45) is -0.350. The van der Waals surface area contributed by atoms with Crippen LogP contribution >= 0.6 is 0 Å². The van der Waals surface area contributed by atoms with Gasteiger partial charge >= 0.3 is 0 Å². The predicted octanol–water partition coefficient (Wildman–Crippen LogP) is 4.40. The lowest BCUT2D eigenvalue weighted by Crippen LogP contribution is -2.55. The quantitative estimate of drug-likeness (QED) is 0.570. The Bertz CT molecular complexity index is 1290. The molecule has 0 saturated carbocycles. The Morgan fingerprint density at radius 3 is 2.32 bits per heavy atom. The molecule has 1 heterocycles. The molecule has 34 heavy (non-hydrogen) atoms. The van der Waals surface area contributed by atoms with Crippen LogP contribution in [-0.2, 0) is 21.2 Å². The van der Waals surface area contributed by atoms with E-state index in [1.165, 1.54) is 4.31 Å². The highest BCUT2D eigenvalue weighted by molar-refractivity contribution is 7.92. The summed E-state index contributed by atoms with van der Waals surface area (Å²) in [5.41, 5.74) is 2.86. The van der Waals surface area contributed by atoms with Gasteiger partial charge in [0.2, 0.25) is 0 Å². The Balaban J connectivity index is 1.62. The topological polar surface area (TPSA) is 75.7 Å². The number of benzene rings is 3. The largest absolute Gasteiger partial charge is 0.476 e. The molecular weight excluding hydrogens is 448 g/mol. The Labute approximate surface area is 201 Å². The molecule has 4 rings (SSSR count). The molecule has 0 unspecified atom stereocenters. The van der Waals surface area contributed by atoms with Crippen molar-refractivity contribution in [2.24, 2.45) is 0 Å². The first-order chi connectivity index (χ1) is 16.0. The van der Waals surface area contributed by atoms with Gasteiger partial charge in [-0.15, -0.1) is 0 Å². The van der Waals surface area contributed by atoms with Crippen LogP contribution in [0.25, 0.3) is 0 Å². The van der Waals surface area contributed by atoms with E-state index in [-0.39, 0.29) is 17.3 Å². The highest BCUT2D eigenvalue weighted by Crippen LogP contribution is 2.38. The van der Waals surface area contributed by atoms with Crippen molar-refractivity contribution >= 4 is 21.6 Å².